The van der Waals surface area contributed by atoms with Crippen LogP contribution in [-0.4, -0.2) is 62.3 Å². The average molecular weight is 642 g/mol. The molecule has 2 N–H and O–H groups in total. The van der Waals surface area contributed by atoms with Crippen LogP contribution in [0.5, 0.6) is 5.75 Å². The zero-order valence-electron chi connectivity index (χ0n) is 21.7. The molecule has 1 aliphatic heterocycles. The topological polar surface area (TPSA) is 126 Å². The van der Waals surface area contributed by atoms with E-state index in [4.69, 9.17) is 16.3 Å². The molecule has 0 radical (unpaired) electrons. The van der Waals surface area contributed by atoms with Crippen LogP contribution in [0.4, 0.5) is 27.2 Å². The highest BCUT2D eigenvalue weighted by Crippen LogP contribution is 2.40. The summed E-state index contributed by atoms with van der Waals surface area (Å²) in [5.74, 6) is 0.994. The summed E-state index contributed by atoms with van der Waals surface area (Å²) in [5.41, 5.74) is 3.05. The molecule has 39 heavy (non-hydrogen) atoms. The molecule has 0 fully saturated rings. The van der Waals surface area contributed by atoms with Crippen molar-refractivity contribution in [2.75, 3.05) is 44.7 Å². The summed E-state index contributed by atoms with van der Waals surface area (Å²) in [6.07, 6.45) is 3.12. The molecule has 0 saturated heterocycles. The van der Waals surface area contributed by atoms with Crippen LogP contribution in [0.2, 0.25) is 5.02 Å². The van der Waals surface area contributed by atoms with Crippen molar-refractivity contribution in [1.29, 1.82) is 0 Å². The lowest BCUT2D eigenvalue weighted by Crippen LogP contribution is -2.30. The Hall–Kier alpha value is -2.21. The van der Waals surface area contributed by atoms with Gasteiger partial charge in [-0.2, -0.15) is 13.4 Å². The highest BCUT2D eigenvalue weighted by Gasteiger charge is 2.25. The fourth-order valence-electron chi connectivity index (χ4n) is 4.06. The quantitative estimate of drug-likeness (QED) is 0.259. The Morgan fingerprint density at radius 1 is 1.13 bits per heavy atom. The number of methoxy groups -OCH3 is 1. The van der Waals surface area contributed by atoms with Gasteiger partial charge in [-0.25, -0.2) is 9.97 Å². The van der Waals surface area contributed by atoms with Gasteiger partial charge in [0.2, 0.25) is 5.95 Å². The Morgan fingerprint density at radius 3 is 2.44 bits per heavy atom. The second-order valence-electron chi connectivity index (χ2n) is 9.13. The lowest BCUT2D eigenvalue weighted by Gasteiger charge is -2.33. The number of hydrogen-bond donors (Lipinski definition) is 2. The Balaban J connectivity index is 0.00000267. The van der Waals surface area contributed by atoms with Gasteiger partial charge in [0.05, 0.1) is 30.5 Å². The van der Waals surface area contributed by atoms with E-state index in [0.29, 0.717) is 11.4 Å². The second kappa shape index (κ2) is 12.5. The molecule has 3 aromatic rings. The number of nitrogens with zero attached hydrogens (tertiary/aromatic N) is 4. The minimum absolute atomic E-state index is 0. The Bertz CT molecular complexity index is 1530. The number of ether oxygens (including phenoxy) is 1. The SMILES string of the molecule is COc1cc2c(cc1Nc1ncc(Cl)c(Nc3ncc(S(=O)(=O)F)cc3P(C)(C)=O)n1)C(C)N(C)CC2.Cl.Cl. The van der Waals surface area contributed by atoms with Gasteiger partial charge in [-0.1, -0.05) is 11.6 Å². The standard InChI is InChI=1S/C23H27ClFN6O4PS.2ClH/c1-13-16-10-18(19(35-3)8-14(16)6-7-31(13)2)28-23-27-12-17(24)21(30-23)29-22-20(36(4,5)32)9-15(11-26-22)37(25,33)34;;/h8-13H,6-7H2,1-5H3,(H2,26,27,28,29,30);2*1H. The lowest BCUT2D eigenvalue weighted by atomic mass is 9.93. The molecule has 1 aromatic carbocycles. The normalized spacial score (nSPS) is 15.4. The summed E-state index contributed by atoms with van der Waals surface area (Å²) in [6.45, 7) is 5.92. The van der Waals surface area contributed by atoms with Gasteiger partial charge in [0.15, 0.2) is 5.82 Å². The van der Waals surface area contributed by atoms with Crippen molar-refractivity contribution in [3.8, 4) is 5.75 Å². The van der Waals surface area contributed by atoms with Crippen LogP contribution in [0.3, 0.4) is 0 Å². The number of benzene rings is 1. The van der Waals surface area contributed by atoms with E-state index in [1.54, 1.807) is 7.11 Å². The van der Waals surface area contributed by atoms with Crippen molar-refractivity contribution in [1.82, 2.24) is 19.9 Å². The molecule has 3 heterocycles. The first-order valence-corrected chi connectivity index (χ1v) is 15.6. The van der Waals surface area contributed by atoms with E-state index in [0.717, 1.165) is 25.2 Å². The number of fused-ring (bicyclic) bond motifs is 1. The van der Waals surface area contributed by atoms with Crippen LogP contribution in [0.1, 0.15) is 24.1 Å². The van der Waals surface area contributed by atoms with Crippen molar-refractivity contribution in [2.45, 2.75) is 24.3 Å². The van der Waals surface area contributed by atoms with Gasteiger partial charge in [0.25, 0.3) is 0 Å². The Morgan fingerprint density at radius 2 is 1.82 bits per heavy atom. The summed E-state index contributed by atoms with van der Waals surface area (Å²) in [5, 5.41) is 6.22. The van der Waals surface area contributed by atoms with Gasteiger partial charge in [-0.05, 0) is 63.0 Å². The zero-order chi connectivity index (χ0) is 27.1. The summed E-state index contributed by atoms with van der Waals surface area (Å²) in [7, 11) is -4.45. The summed E-state index contributed by atoms with van der Waals surface area (Å²) < 4.78 is 54.7. The molecule has 0 spiro atoms. The number of likely N-dealkylation sites (N-methyl/N-ethyl adjacent to an activating group) is 1. The number of halogens is 4. The van der Waals surface area contributed by atoms with E-state index in [1.165, 1.54) is 30.7 Å². The number of pyridine rings is 1. The predicted molar refractivity (Wildman–Crippen MR) is 157 cm³/mol. The van der Waals surface area contributed by atoms with Gasteiger partial charge in [0, 0.05) is 12.6 Å². The van der Waals surface area contributed by atoms with Crippen molar-refractivity contribution in [3.05, 3.63) is 46.7 Å². The van der Waals surface area contributed by atoms with Gasteiger partial charge < -0.3 is 19.9 Å². The lowest BCUT2D eigenvalue weighted by molar-refractivity contribution is 0.247. The van der Waals surface area contributed by atoms with Crippen molar-refractivity contribution >= 4 is 82.4 Å². The third-order valence-electron chi connectivity index (χ3n) is 6.24. The molecule has 1 aliphatic rings. The molecule has 4 rings (SSSR count). The number of hydrogen-bond acceptors (Lipinski definition) is 10. The molecule has 16 heteroatoms. The van der Waals surface area contributed by atoms with Crippen LogP contribution >= 0.6 is 43.6 Å². The van der Waals surface area contributed by atoms with Crippen LogP contribution in [-0.2, 0) is 21.2 Å². The summed E-state index contributed by atoms with van der Waals surface area (Å²) >= 11 is 6.31. The van der Waals surface area contributed by atoms with Crippen molar-refractivity contribution in [3.63, 3.8) is 0 Å². The molecule has 0 saturated carbocycles. The molecule has 10 nitrogen and oxygen atoms in total. The van der Waals surface area contributed by atoms with Gasteiger partial charge in [-0.3, -0.25) is 4.90 Å². The van der Waals surface area contributed by atoms with Crippen LogP contribution < -0.4 is 20.7 Å². The summed E-state index contributed by atoms with van der Waals surface area (Å²) in [4.78, 5) is 14.2. The first kappa shape index (κ1) is 33.0. The van der Waals surface area contributed by atoms with E-state index >= 15 is 0 Å². The van der Waals surface area contributed by atoms with Gasteiger partial charge in [0.1, 0.15) is 28.6 Å². The predicted octanol–water partition coefficient (Wildman–Crippen LogP) is 5.32. The minimum Gasteiger partial charge on any atom is -0.495 e. The van der Waals surface area contributed by atoms with E-state index < -0.39 is 22.3 Å². The number of rotatable bonds is 7. The number of nitrogens with one attached hydrogen (secondary N) is 2. The average Bonchev–Trinajstić information content (AvgIpc) is 2.82. The maximum absolute atomic E-state index is 13.5. The van der Waals surface area contributed by atoms with E-state index in [-0.39, 0.29) is 58.8 Å². The first-order chi connectivity index (χ1) is 17.3. The smallest absolute Gasteiger partial charge is 0.333 e. The highest BCUT2D eigenvalue weighted by molar-refractivity contribution is 7.86. The van der Waals surface area contributed by atoms with Crippen LogP contribution in [0.25, 0.3) is 0 Å². The molecular weight excluding hydrogens is 613 g/mol. The number of anilines is 4. The van der Waals surface area contributed by atoms with E-state index in [1.807, 2.05) is 12.1 Å². The molecule has 0 aliphatic carbocycles. The molecular formula is C23H29Cl3FN6O4PS. The molecule has 214 valence electrons. The number of aromatic nitrogens is 3. The molecule has 0 amide bonds. The largest absolute Gasteiger partial charge is 0.495 e. The third-order valence-corrected chi connectivity index (χ3v) is 8.80. The van der Waals surface area contributed by atoms with E-state index in [2.05, 4.69) is 44.5 Å². The molecule has 2 aromatic heterocycles. The zero-order valence-corrected chi connectivity index (χ0v) is 25.8. The minimum atomic E-state index is -5.03. The van der Waals surface area contributed by atoms with Crippen LogP contribution in [0.15, 0.2) is 35.5 Å². The van der Waals surface area contributed by atoms with Gasteiger partial charge >= 0.3 is 10.2 Å². The van der Waals surface area contributed by atoms with Crippen molar-refractivity contribution < 1.29 is 21.6 Å². The maximum atomic E-state index is 13.5. The summed E-state index contributed by atoms with van der Waals surface area (Å²) in [6, 6.07) is 5.24. The Labute approximate surface area is 244 Å². The second-order valence-corrected chi connectivity index (χ2v) is 14.1. The highest BCUT2D eigenvalue weighted by atomic mass is 35.5. The Kier molecular flexibility index (Phi) is 10.6. The fraction of sp³-hybridized carbons (Fsp3) is 0.348. The van der Waals surface area contributed by atoms with Gasteiger partial charge in [-0.15, -0.1) is 28.7 Å². The third kappa shape index (κ3) is 7.31. The van der Waals surface area contributed by atoms with Crippen LogP contribution in [0, 0.1) is 0 Å². The molecule has 0 bridgehead atoms. The molecule has 1 atom stereocenters. The fourth-order valence-corrected chi connectivity index (χ4v) is 5.80. The first-order valence-electron chi connectivity index (χ1n) is 11.3. The van der Waals surface area contributed by atoms with E-state index in [9.17, 15) is 16.9 Å². The maximum Gasteiger partial charge on any atom is 0.333 e. The molecule has 1 unspecified atom stereocenters. The van der Waals surface area contributed by atoms with Crippen molar-refractivity contribution in [2.24, 2.45) is 0 Å². The monoisotopic (exact) mass is 640 g/mol.